The van der Waals surface area contributed by atoms with Crippen molar-refractivity contribution in [2.24, 2.45) is 0 Å². The maximum Gasteiger partial charge on any atom is 0.255 e. The van der Waals surface area contributed by atoms with Gasteiger partial charge in [0.15, 0.2) is 5.75 Å². The van der Waals surface area contributed by atoms with Crippen LogP contribution in [0, 0.1) is 0 Å². The highest BCUT2D eigenvalue weighted by Crippen LogP contribution is 2.37. The van der Waals surface area contributed by atoms with E-state index < -0.39 is 0 Å². The van der Waals surface area contributed by atoms with Crippen molar-refractivity contribution < 1.29 is 14.9 Å². The van der Waals surface area contributed by atoms with Crippen molar-refractivity contribution in [3.8, 4) is 11.6 Å². The highest BCUT2D eigenvalue weighted by Gasteiger charge is 2.29. The van der Waals surface area contributed by atoms with Crippen LogP contribution in [0.4, 0.5) is 5.69 Å². The van der Waals surface area contributed by atoms with Crippen molar-refractivity contribution in [1.82, 2.24) is 14.9 Å². The highest BCUT2D eigenvalue weighted by atomic mass is 16.5. The van der Waals surface area contributed by atoms with Gasteiger partial charge in [-0.1, -0.05) is 0 Å². The largest absolute Gasteiger partial charge is 0.503 e. The van der Waals surface area contributed by atoms with Crippen LogP contribution in [-0.4, -0.2) is 63.5 Å². The minimum absolute atomic E-state index is 0.214. The van der Waals surface area contributed by atoms with Gasteiger partial charge in [0, 0.05) is 43.5 Å². The SMILES string of the molecule is Oc1cc2nc3c(c(NC4CCN(C5CCOC5)CC4)c2nc1O)CCCC3. The van der Waals surface area contributed by atoms with Gasteiger partial charge < -0.3 is 20.3 Å². The lowest BCUT2D eigenvalue weighted by Crippen LogP contribution is -2.45. The Morgan fingerprint density at radius 3 is 2.68 bits per heavy atom. The number of ether oxygens (including phenoxy) is 1. The number of rotatable bonds is 3. The molecule has 3 aliphatic rings. The fourth-order valence-corrected chi connectivity index (χ4v) is 4.90. The molecule has 0 bridgehead atoms. The third kappa shape index (κ3) is 3.26. The molecule has 7 heteroatoms. The van der Waals surface area contributed by atoms with Crippen LogP contribution in [0.1, 0.15) is 43.4 Å². The lowest BCUT2D eigenvalue weighted by molar-refractivity contribution is 0.124. The number of aromatic hydroxyl groups is 2. The van der Waals surface area contributed by atoms with E-state index in [4.69, 9.17) is 9.72 Å². The predicted molar refractivity (Wildman–Crippen MR) is 107 cm³/mol. The monoisotopic (exact) mass is 384 g/mol. The van der Waals surface area contributed by atoms with Crippen LogP contribution in [-0.2, 0) is 17.6 Å². The zero-order valence-electron chi connectivity index (χ0n) is 16.2. The number of pyridine rings is 2. The molecule has 2 aromatic heterocycles. The van der Waals surface area contributed by atoms with E-state index in [-0.39, 0.29) is 11.6 Å². The normalized spacial score (nSPS) is 23.8. The average Bonchev–Trinajstić information content (AvgIpc) is 3.25. The van der Waals surface area contributed by atoms with Gasteiger partial charge >= 0.3 is 0 Å². The van der Waals surface area contributed by atoms with Gasteiger partial charge in [0.2, 0.25) is 0 Å². The summed E-state index contributed by atoms with van der Waals surface area (Å²) in [7, 11) is 0. The second-order valence-corrected chi connectivity index (χ2v) is 8.29. The molecular formula is C21H28N4O3. The zero-order valence-corrected chi connectivity index (χ0v) is 16.2. The van der Waals surface area contributed by atoms with Crippen molar-refractivity contribution >= 4 is 16.7 Å². The summed E-state index contributed by atoms with van der Waals surface area (Å²) >= 11 is 0. The number of hydrogen-bond donors (Lipinski definition) is 3. The van der Waals surface area contributed by atoms with E-state index in [1.165, 1.54) is 11.6 Å². The lowest BCUT2D eigenvalue weighted by atomic mass is 9.93. The van der Waals surface area contributed by atoms with Crippen LogP contribution in [0.25, 0.3) is 11.0 Å². The first-order valence-electron chi connectivity index (χ1n) is 10.5. The summed E-state index contributed by atoms with van der Waals surface area (Å²) in [4.78, 5) is 11.6. The summed E-state index contributed by atoms with van der Waals surface area (Å²) in [5.74, 6) is -0.544. The van der Waals surface area contributed by atoms with Crippen LogP contribution in [0.2, 0.25) is 0 Å². The first kappa shape index (κ1) is 17.9. The lowest BCUT2D eigenvalue weighted by Gasteiger charge is -2.36. The summed E-state index contributed by atoms with van der Waals surface area (Å²) < 4.78 is 5.55. The minimum atomic E-state index is -0.329. The van der Waals surface area contributed by atoms with E-state index in [0.29, 0.717) is 23.1 Å². The molecule has 1 atom stereocenters. The fourth-order valence-electron chi connectivity index (χ4n) is 4.90. The van der Waals surface area contributed by atoms with E-state index in [1.54, 1.807) is 0 Å². The van der Waals surface area contributed by atoms with Gasteiger partial charge in [-0.3, -0.25) is 9.88 Å². The molecule has 3 N–H and O–H groups in total. The van der Waals surface area contributed by atoms with Gasteiger partial charge in [-0.05, 0) is 50.5 Å². The van der Waals surface area contributed by atoms with Crippen LogP contribution < -0.4 is 5.32 Å². The number of hydrogen-bond acceptors (Lipinski definition) is 7. The van der Waals surface area contributed by atoms with Crippen LogP contribution in [0.15, 0.2) is 6.07 Å². The van der Waals surface area contributed by atoms with Gasteiger partial charge in [0.05, 0.1) is 17.8 Å². The minimum Gasteiger partial charge on any atom is -0.503 e. The molecule has 150 valence electrons. The Bertz CT molecular complexity index is 874. The number of likely N-dealkylation sites (tertiary alicyclic amines) is 1. The number of piperidine rings is 1. The van der Waals surface area contributed by atoms with Crippen molar-refractivity contribution in [3.05, 3.63) is 17.3 Å². The second kappa shape index (κ2) is 7.37. The summed E-state index contributed by atoms with van der Waals surface area (Å²) in [6, 6.07) is 2.49. The molecule has 0 amide bonds. The Morgan fingerprint density at radius 1 is 1.07 bits per heavy atom. The average molecular weight is 384 g/mol. The van der Waals surface area contributed by atoms with Crippen molar-refractivity contribution in [3.63, 3.8) is 0 Å². The maximum absolute atomic E-state index is 9.97. The number of anilines is 1. The maximum atomic E-state index is 9.97. The predicted octanol–water partition coefficient (Wildman–Crippen LogP) is 2.58. The van der Waals surface area contributed by atoms with E-state index in [9.17, 15) is 10.2 Å². The number of fused-ring (bicyclic) bond motifs is 2. The van der Waals surface area contributed by atoms with E-state index in [1.807, 2.05) is 0 Å². The van der Waals surface area contributed by atoms with Gasteiger partial charge in [-0.2, -0.15) is 0 Å². The van der Waals surface area contributed by atoms with E-state index in [0.717, 1.165) is 82.6 Å². The molecule has 2 aliphatic heterocycles. The fraction of sp³-hybridized carbons (Fsp3) is 0.619. The number of aryl methyl sites for hydroxylation is 1. The Hall–Kier alpha value is -2.12. The van der Waals surface area contributed by atoms with Crippen LogP contribution in [0.3, 0.4) is 0 Å². The first-order valence-corrected chi connectivity index (χ1v) is 10.5. The molecule has 2 fully saturated rings. The standard InChI is InChI=1S/C21H28N4O3/c26-18-11-17-20(24-21(18)27)19(15-3-1-2-4-16(15)23-17)22-13-5-8-25(9-6-13)14-7-10-28-12-14/h11,13-14,26H,1-10,12H2,(H,22,23)(H,24,27). The van der Waals surface area contributed by atoms with Crippen LogP contribution in [0.5, 0.6) is 11.6 Å². The quantitative estimate of drug-likeness (QED) is 0.749. The van der Waals surface area contributed by atoms with Crippen molar-refractivity contribution in [2.45, 2.75) is 57.0 Å². The molecule has 2 saturated heterocycles. The third-order valence-corrected chi connectivity index (χ3v) is 6.50. The Labute approximate surface area is 164 Å². The topological polar surface area (TPSA) is 90.7 Å². The summed E-state index contributed by atoms with van der Waals surface area (Å²) in [6.07, 6.45) is 7.55. The van der Waals surface area contributed by atoms with E-state index in [2.05, 4.69) is 15.2 Å². The molecule has 2 aromatic rings. The molecule has 1 unspecified atom stereocenters. The number of nitrogens with zero attached hydrogens (tertiary/aromatic N) is 3. The highest BCUT2D eigenvalue weighted by molar-refractivity contribution is 5.91. The summed E-state index contributed by atoms with van der Waals surface area (Å²) in [5, 5.41) is 23.6. The van der Waals surface area contributed by atoms with Crippen molar-refractivity contribution in [1.29, 1.82) is 0 Å². The third-order valence-electron chi connectivity index (χ3n) is 6.50. The molecule has 5 rings (SSSR count). The molecule has 0 spiro atoms. The molecular weight excluding hydrogens is 356 g/mol. The molecule has 7 nitrogen and oxygen atoms in total. The molecule has 1 aliphatic carbocycles. The first-order chi connectivity index (χ1) is 13.7. The van der Waals surface area contributed by atoms with E-state index >= 15 is 0 Å². The molecule has 4 heterocycles. The Balaban J connectivity index is 1.42. The van der Waals surface area contributed by atoms with Gasteiger partial charge in [-0.15, -0.1) is 0 Å². The molecule has 28 heavy (non-hydrogen) atoms. The molecule has 0 radical (unpaired) electrons. The summed E-state index contributed by atoms with van der Waals surface area (Å²) in [5.41, 5.74) is 4.68. The van der Waals surface area contributed by atoms with Crippen LogP contribution >= 0.6 is 0 Å². The van der Waals surface area contributed by atoms with Gasteiger partial charge in [0.25, 0.3) is 5.88 Å². The molecule has 0 saturated carbocycles. The second-order valence-electron chi connectivity index (χ2n) is 8.29. The number of nitrogens with one attached hydrogen (secondary N) is 1. The molecule has 0 aromatic carbocycles. The zero-order chi connectivity index (χ0) is 19.1. The number of aromatic nitrogens is 2. The van der Waals surface area contributed by atoms with Gasteiger partial charge in [-0.25, -0.2) is 4.98 Å². The Morgan fingerprint density at radius 2 is 1.89 bits per heavy atom. The smallest absolute Gasteiger partial charge is 0.255 e. The van der Waals surface area contributed by atoms with Gasteiger partial charge in [0.1, 0.15) is 5.52 Å². The Kier molecular flexibility index (Phi) is 4.72. The van der Waals surface area contributed by atoms with Crippen molar-refractivity contribution in [2.75, 3.05) is 31.6 Å². The summed E-state index contributed by atoms with van der Waals surface area (Å²) in [6.45, 7) is 3.92.